The van der Waals surface area contributed by atoms with E-state index in [0.717, 1.165) is 6.26 Å². The molecule has 0 saturated heterocycles. The molecule has 0 radical (unpaired) electrons. The summed E-state index contributed by atoms with van der Waals surface area (Å²) in [4.78, 5) is 10.8. The number of sulfone groups is 1. The smallest absolute Gasteiger partial charge is 0.335 e. The van der Waals surface area contributed by atoms with Crippen molar-refractivity contribution in [1.82, 2.24) is 0 Å². The molecular weight excluding hydrogens is 258 g/mol. The molecule has 0 spiro atoms. The number of methoxy groups -OCH3 is 1. The molecule has 1 aromatic rings. The van der Waals surface area contributed by atoms with E-state index in [-0.39, 0.29) is 17.9 Å². The van der Waals surface area contributed by atoms with Gasteiger partial charge >= 0.3 is 5.97 Å². The largest absolute Gasteiger partial charge is 0.495 e. The summed E-state index contributed by atoms with van der Waals surface area (Å²) in [5.74, 6) is -0.684. The zero-order valence-corrected chi connectivity index (χ0v) is 11.0. The Kier molecular flexibility index (Phi) is 4.55. The lowest BCUT2D eigenvalue weighted by molar-refractivity contribution is 0.0696. The van der Waals surface area contributed by atoms with Gasteiger partial charge in [0, 0.05) is 12.8 Å². The fourth-order valence-corrected chi connectivity index (χ4v) is 1.81. The van der Waals surface area contributed by atoms with Gasteiger partial charge in [-0.15, -0.1) is 0 Å². The Morgan fingerprint density at radius 2 is 2.11 bits per heavy atom. The maximum absolute atomic E-state index is 11.0. The Hall–Kier alpha value is -1.76. The number of ether oxygens (including phenoxy) is 1. The van der Waals surface area contributed by atoms with Gasteiger partial charge in [-0.3, -0.25) is 0 Å². The molecule has 0 fully saturated rings. The number of carboxylic acids is 1. The molecule has 0 aliphatic carbocycles. The van der Waals surface area contributed by atoms with Crippen LogP contribution in [0.3, 0.4) is 0 Å². The van der Waals surface area contributed by atoms with E-state index in [1.807, 2.05) is 0 Å². The summed E-state index contributed by atoms with van der Waals surface area (Å²) in [6.45, 7) is 0.238. The molecule has 0 saturated carbocycles. The Labute approximate surface area is 106 Å². The minimum atomic E-state index is -3.03. The summed E-state index contributed by atoms with van der Waals surface area (Å²) >= 11 is 0. The van der Waals surface area contributed by atoms with Gasteiger partial charge in [0.15, 0.2) is 0 Å². The van der Waals surface area contributed by atoms with E-state index in [0.29, 0.717) is 11.4 Å². The molecule has 0 amide bonds. The van der Waals surface area contributed by atoms with Crippen molar-refractivity contribution in [3.8, 4) is 5.75 Å². The number of carbonyl (C=O) groups is 1. The average molecular weight is 273 g/mol. The van der Waals surface area contributed by atoms with Crippen molar-refractivity contribution in [3.05, 3.63) is 23.8 Å². The van der Waals surface area contributed by atoms with Crippen molar-refractivity contribution in [1.29, 1.82) is 0 Å². The second-order valence-corrected chi connectivity index (χ2v) is 6.04. The summed E-state index contributed by atoms with van der Waals surface area (Å²) < 4.78 is 27.0. The van der Waals surface area contributed by atoms with Gasteiger partial charge in [-0.1, -0.05) is 0 Å². The van der Waals surface area contributed by atoms with E-state index in [9.17, 15) is 13.2 Å². The van der Waals surface area contributed by atoms with E-state index >= 15 is 0 Å². The first-order valence-corrected chi connectivity index (χ1v) is 7.22. The van der Waals surface area contributed by atoms with Crippen LogP contribution in [0.1, 0.15) is 10.4 Å². The van der Waals surface area contributed by atoms with Crippen LogP contribution >= 0.6 is 0 Å². The lowest BCUT2D eigenvalue weighted by atomic mass is 10.2. The molecule has 0 aliphatic heterocycles. The minimum Gasteiger partial charge on any atom is -0.495 e. The van der Waals surface area contributed by atoms with Crippen LogP contribution in [-0.2, 0) is 9.84 Å². The molecule has 18 heavy (non-hydrogen) atoms. The summed E-state index contributed by atoms with van der Waals surface area (Å²) in [6.07, 6.45) is 1.15. The van der Waals surface area contributed by atoms with Crippen LogP contribution in [0, 0.1) is 0 Å². The molecule has 7 heteroatoms. The number of hydrogen-bond acceptors (Lipinski definition) is 5. The zero-order valence-electron chi connectivity index (χ0n) is 10.1. The van der Waals surface area contributed by atoms with Gasteiger partial charge < -0.3 is 15.2 Å². The van der Waals surface area contributed by atoms with E-state index in [4.69, 9.17) is 9.84 Å². The van der Waals surface area contributed by atoms with Gasteiger partial charge in [-0.05, 0) is 18.2 Å². The fourth-order valence-electron chi connectivity index (χ4n) is 1.34. The van der Waals surface area contributed by atoms with Gasteiger partial charge in [-0.25, -0.2) is 13.2 Å². The van der Waals surface area contributed by atoms with Crippen molar-refractivity contribution in [2.45, 2.75) is 0 Å². The van der Waals surface area contributed by atoms with E-state index < -0.39 is 15.8 Å². The number of aromatic carboxylic acids is 1. The van der Waals surface area contributed by atoms with Crippen molar-refractivity contribution in [2.24, 2.45) is 0 Å². The molecular formula is C11H15NO5S. The Morgan fingerprint density at radius 1 is 1.44 bits per heavy atom. The highest BCUT2D eigenvalue weighted by Gasteiger charge is 2.09. The second-order valence-electron chi connectivity index (χ2n) is 3.78. The minimum absolute atomic E-state index is 0.00314. The highest BCUT2D eigenvalue weighted by molar-refractivity contribution is 7.90. The van der Waals surface area contributed by atoms with Crippen LogP contribution in [0.15, 0.2) is 18.2 Å². The molecule has 100 valence electrons. The standard InChI is InChI=1S/C11H15NO5S/c1-17-10-7-8(11(13)14)3-4-9(10)12-5-6-18(2,15)16/h3-4,7,12H,5-6H2,1-2H3,(H,13,14). The second kappa shape index (κ2) is 5.72. The monoisotopic (exact) mass is 273 g/mol. The Balaban J connectivity index is 2.80. The van der Waals surface area contributed by atoms with Gasteiger partial charge in [0.05, 0.1) is 24.1 Å². The molecule has 1 rings (SSSR count). The lowest BCUT2D eigenvalue weighted by Gasteiger charge is -2.11. The number of nitrogens with one attached hydrogen (secondary N) is 1. The van der Waals surface area contributed by atoms with E-state index in [1.165, 1.54) is 19.2 Å². The molecule has 0 atom stereocenters. The highest BCUT2D eigenvalue weighted by atomic mass is 32.2. The first kappa shape index (κ1) is 14.3. The first-order chi connectivity index (χ1) is 8.33. The SMILES string of the molecule is COc1cc(C(=O)O)ccc1NCCS(C)(=O)=O. The molecule has 0 bridgehead atoms. The van der Waals surface area contributed by atoms with Crippen LogP contribution in [0.5, 0.6) is 5.75 Å². The normalized spacial score (nSPS) is 11.0. The number of benzene rings is 1. The van der Waals surface area contributed by atoms with Crippen LogP contribution in [0.25, 0.3) is 0 Å². The molecule has 6 nitrogen and oxygen atoms in total. The predicted octanol–water partition coefficient (Wildman–Crippen LogP) is 0.850. The van der Waals surface area contributed by atoms with Crippen molar-refractivity contribution < 1.29 is 23.1 Å². The summed E-state index contributed by atoms with van der Waals surface area (Å²) in [5, 5.41) is 11.7. The van der Waals surface area contributed by atoms with E-state index in [1.54, 1.807) is 6.07 Å². The third-order valence-corrected chi connectivity index (χ3v) is 3.18. The average Bonchev–Trinajstić information content (AvgIpc) is 2.27. The summed E-state index contributed by atoms with van der Waals surface area (Å²) in [7, 11) is -1.61. The van der Waals surface area contributed by atoms with Crippen molar-refractivity contribution >= 4 is 21.5 Å². The number of rotatable bonds is 6. The number of carboxylic acid groups (broad SMARTS) is 1. The van der Waals surface area contributed by atoms with Crippen LogP contribution in [0.4, 0.5) is 5.69 Å². The maximum Gasteiger partial charge on any atom is 0.335 e. The maximum atomic E-state index is 11.0. The third-order valence-electron chi connectivity index (χ3n) is 2.24. The third kappa shape index (κ3) is 4.25. The first-order valence-electron chi connectivity index (χ1n) is 5.16. The van der Waals surface area contributed by atoms with Gasteiger partial charge in [0.2, 0.25) is 0 Å². The molecule has 0 aromatic heterocycles. The van der Waals surface area contributed by atoms with Crippen molar-refractivity contribution in [3.63, 3.8) is 0 Å². The molecule has 2 N–H and O–H groups in total. The number of anilines is 1. The highest BCUT2D eigenvalue weighted by Crippen LogP contribution is 2.25. The topological polar surface area (TPSA) is 92.7 Å². The van der Waals surface area contributed by atoms with Crippen molar-refractivity contribution in [2.75, 3.05) is 31.0 Å². The van der Waals surface area contributed by atoms with Gasteiger partial charge in [0.1, 0.15) is 15.6 Å². The van der Waals surface area contributed by atoms with E-state index in [2.05, 4.69) is 5.32 Å². The zero-order chi connectivity index (χ0) is 13.8. The predicted molar refractivity (Wildman–Crippen MR) is 68.2 cm³/mol. The van der Waals surface area contributed by atoms with Gasteiger partial charge in [-0.2, -0.15) is 0 Å². The number of hydrogen-bond donors (Lipinski definition) is 2. The quantitative estimate of drug-likeness (QED) is 0.798. The lowest BCUT2D eigenvalue weighted by Crippen LogP contribution is -2.14. The van der Waals surface area contributed by atoms with Gasteiger partial charge in [0.25, 0.3) is 0 Å². The van der Waals surface area contributed by atoms with Crippen LogP contribution in [0.2, 0.25) is 0 Å². The fraction of sp³-hybridized carbons (Fsp3) is 0.364. The molecule has 0 unspecified atom stereocenters. The summed E-state index contributed by atoms with van der Waals surface area (Å²) in [6, 6.07) is 4.35. The van der Waals surface area contributed by atoms with Crippen LogP contribution < -0.4 is 10.1 Å². The molecule has 0 aliphatic rings. The Bertz CT molecular complexity index is 538. The Morgan fingerprint density at radius 3 is 2.61 bits per heavy atom. The summed E-state index contributed by atoms with van der Waals surface area (Å²) in [5.41, 5.74) is 0.673. The van der Waals surface area contributed by atoms with Crippen LogP contribution in [-0.4, -0.2) is 45.2 Å². The molecule has 1 aromatic carbocycles. The molecule has 0 heterocycles.